The van der Waals surface area contributed by atoms with Gasteiger partial charge in [-0.25, -0.2) is 4.79 Å². The fraction of sp³-hybridized carbons (Fsp3) is 0.909. The molecule has 0 heterocycles. The highest BCUT2D eigenvalue weighted by Crippen LogP contribution is 2.06. The molecule has 0 saturated heterocycles. The monoisotopic (exact) mass is 343 g/mol. The Kier molecular flexibility index (Phi) is 9.02. The standard InChI is InChI=1S/C11H22INO3/c1-11(2,3)16-10(14)13-7-4-5-8-15-9-6-12/h4-9H2,1-3H3,(H,13,14). The first-order chi connectivity index (χ1) is 7.45. The van der Waals surface area contributed by atoms with Gasteiger partial charge in [0.2, 0.25) is 0 Å². The molecular weight excluding hydrogens is 321 g/mol. The van der Waals surface area contributed by atoms with E-state index in [0.29, 0.717) is 6.54 Å². The highest BCUT2D eigenvalue weighted by atomic mass is 127. The highest BCUT2D eigenvalue weighted by Gasteiger charge is 2.15. The third kappa shape index (κ3) is 12.0. The number of hydrogen-bond acceptors (Lipinski definition) is 3. The molecule has 1 N–H and O–H groups in total. The topological polar surface area (TPSA) is 47.6 Å². The van der Waals surface area contributed by atoms with Crippen LogP contribution >= 0.6 is 22.6 Å². The van der Waals surface area contributed by atoms with Gasteiger partial charge in [0.25, 0.3) is 0 Å². The van der Waals surface area contributed by atoms with Crippen molar-refractivity contribution >= 4 is 28.7 Å². The maximum Gasteiger partial charge on any atom is 0.407 e. The largest absolute Gasteiger partial charge is 0.444 e. The van der Waals surface area contributed by atoms with Gasteiger partial charge in [0.15, 0.2) is 0 Å². The predicted molar refractivity (Wildman–Crippen MR) is 73.2 cm³/mol. The number of alkyl halides is 1. The van der Waals surface area contributed by atoms with E-state index in [0.717, 1.165) is 30.5 Å². The smallest absolute Gasteiger partial charge is 0.407 e. The van der Waals surface area contributed by atoms with Crippen molar-refractivity contribution in [2.45, 2.75) is 39.2 Å². The van der Waals surface area contributed by atoms with Gasteiger partial charge in [-0.2, -0.15) is 0 Å². The van der Waals surface area contributed by atoms with Crippen LogP contribution in [-0.4, -0.2) is 35.9 Å². The maximum absolute atomic E-state index is 11.2. The van der Waals surface area contributed by atoms with Crippen LogP contribution in [0, 0.1) is 0 Å². The summed E-state index contributed by atoms with van der Waals surface area (Å²) < 4.78 is 11.4. The van der Waals surface area contributed by atoms with Crippen LogP contribution in [0.2, 0.25) is 0 Å². The molecule has 5 heteroatoms. The molecule has 0 rings (SSSR count). The van der Waals surface area contributed by atoms with Crippen LogP contribution in [0.3, 0.4) is 0 Å². The number of rotatable bonds is 7. The molecule has 0 aliphatic rings. The average Bonchev–Trinajstić information content (AvgIpc) is 2.13. The third-order valence-electron chi connectivity index (χ3n) is 1.61. The first-order valence-electron chi connectivity index (χ1n) is 5.56. The van der Waals surface area contributed by atoms with Gasteiger partial charge in [-0.15, -0.1) is 0 Å². The van der Waals surface area contributed by atoms with Crippen molar-refractivity contribution in [1.29, 1.82) is 0 Å². The molecule has 0 aromatic heterocycles. The summed E-state index contributed by atoms with van der Waals surface area (Å²) in [6, 6.07) is 0. The number of amides is 1. The molecular formula is C11H22INO3. The molecule has 16 heavy (non-hydrogen) atoms. The number of carbonyl (C=O) groups excluding carboxylic acids is 1. The Labute approximate surface area is 112 Å². The zero-order valence-electron chi connectivity index (χ0n) is 10.3. The van der Waals surface area contributed by atoms with Crippen molar-refractivity contribution < 1.29 is 14.3 Å². The van der Waals surface area contributed by atoms with Crippen molar-refractivity contribution in [3.63, 3.8) is 0 Å². The fourth-order valence-corrected chi connectivity index (χ4v) is 1.30. The molecule has 0 saturated carbocycles. The van der Waals surface area contributed by atoms with Crippen molar-refractivity contribution in [3.05, 3.63) is 0 Å². The number of nitrogens with one attached hydrogen (secondary N) is 1. The lowest BCUT2D eigenvalue weighted by Gasteiger charge is -2.19. The molecule has 0 atom stereocenters. The summed E-state index contributed by atoms with van der Waals surface area (Å²) in [4.78, 5) is 11.2. The van der Waals surface area contributed by atoms with Crippen LogP contribution < -0.4 is 5.32 Å². The van der Waals surface area contributed by atoms with Crippen LogP contribution in [0.15, 0.2) is 0 Å². The zero-order valence-corrected chi connectivity index (χ0v) is 12.5. The van der Waals surface area contributed by atoms with Crippen molar-refractivity contribution in [2.24, 2.45) is 0 Å². The van der Waals surface area contributed by atoms with Crippen molar-refractivity contribution in [3.8, 4) is 0 Å². The van der Waals surface area contributed by atoms with Crippen LogP contribution in [0.4, 0.5) is 4.79 Å². The molecule has 0 aliphatic heterocycles. The number of ether oxygens (including phenoxy) is 2. The average molecular weight is 343 g/mol. The Morgan fingerprint density at radius 2 is 1.94 bits per heavy atom. The van der Waals surface area contributed by atoms with Crippen LogP contribution in [-0.2, 0) is 9.47 Å². The van der Waals surface area contributed by atoms with Gasteiger partial charge in [0, 0.05) is 17.6 Å². The summed E-state index contributed by atoms with van der Waals surface area (Å²) in [5, 5.41) is 2.71. The lowest BCUT2D eigenvalue weighted by Crippen LogP contribution is -2.33. The molecule has 0 aromatic rings. The Morgan fingerprint density at radius 3 is 2.50 bits per heavy atom. The van der Waals surface area contributed by atoms with E-state index in [1.807, 2.05) is 20.8 Å². The molecule has 4 nitrogen and oxygen atoms in total. The van der Waals surface area contributed by atoms with Crippen molar-refractivity contribution in [2.75, 3.05) is 24.2 Å². The van der Waals surface area contributed by atoms with E-state index in [1.54, 1.807) is 0 Å². The van der Waals surface area contributed by atoms with E-state index in [9.17, 15) is 4.79 Å². The summed E-state index contributed by atoms with van der Waals surface area (Å²) >= 11 is 2.28. The van der Waals surface area contributed by atoms with E-state index in [1.165, 1.54) is 0 Å². The van der Waals surface area contributed by atoms with Gasteiger partial charge in [-0.3, -0.25) is 0 Å². The number of unbranched alkanes of at least 4 members (excludes halogenated alkanes) is 1. The highest BCUT2D eigenvalue weighted by molar-refractivity contribution is 14.1. The molecule has 1 amide bonds. The summed E-state index contributed by atoms with van der Waals surface area (Å²) in [5.41, 5.74) is -0.423. The van der Waals surface area contributed by atoms with Gasteiger partial charge in [-0.1, -0.05) is 22.6 Å². The minimum atomic E-state index is -0.423. The molecule has 0 spiro atoms. The molecule has 0 unspecified atom stereocenters. The fourth-order valence-electron chi connectivity index (χ4n) is 0.990. The van der Waals surface area contributed by atoms with E-state index in [2.05, 4.69) is 27.9 Å². The van der Waals surface area contributed by atoms with Crippen LogP contribution in [0.5, 0.6) is 0 Å². The van der Waals surface area contributed by atoms with E-state index in [-0.39, 0.29) is 6.09 Å². The number of halogens is 1. The minimum absolute atomic E-state index is 0.347. The third-order valence-corrected chi connectivity index (χ3v) is 2.05. The quantitative estimate of drug-likeness (QED) is 0.439. The van der Waals surface area contributed by atoms with Gasteiger partial charge in [0.1, 0.15) is 5.60 Å². The summed E-state index contributed by atoms with van der Waals surface area (Å²) in [7, 11) is 0. The van der Waals surface area contributed by atoms with E-state index < -0.39 is 5.60 Å². The van der Waals surface area contributed by atoms with Gasteiger partial charge in [-0.05, 0) is 33.6 Å². The van der Waals surface area contributed by atoms with Gasteiger partial charge >= 0.3 is 6.09 Å². The van der Waals surface area contributed by atoms with Crippen LogP contribution in [0.1, 0.15) is 33.6 Å². The molecule has 0 fully saturated rings. The van der Waals surface area contributed by atoms with Gasteiger partial charge in [0.05, 0.1) is 6.61 Å². The first-order valence-corrected chi connectivity index (χ1v) is 7.09. The lowest BCUT2D eigenvalue weighted by atomic mass is 10.2. The number of carbonyl (C=O) groups is 1. The molecule has 96 valence electrons. The summed E-state index contributed by atoms with van der Waals surface area (Å²) in [5.74, 6) is 0. The molecule has 0 aromatic carbocycles. The van der Waals surface area contributed by atoms with E-state index in [4.69, 9.17) is 9.47 Å². The second-order valence-electron chi connectivity index (χ2n) is 4.44. The zero-order chi connectivity index (χ0) is 12.4. The Bertz CT molecular complexity index is 192. The second kappa shape index (κ2) is 9.04. The van der Waals surface area contributed by atoms with Crippen LogP contribution in [0.25, 0.3) is 0 Å². The second-order valence-corrected chi connectivity index (χ2v) is 5.52. The first kappa shape index (κ1) is 16.0. The van der Waals surface area contributed by atoms with Gasteiger partial charge < -0.3 is 14.8 Å². The predicted octanol–water partition coefficient (Wildman–Crippen LogP) is 2.74. The molecule has 0 radical (unpaired) electrons. The van der Waals surface area contributed by atoms with Crippen molar-refractivity contribution in [1.82, 2.24) is 5.32 Å². The lowest BCUT2D eigenvalue weighted by molar-refractivity contribution is 0.0525. The maximum atomic E-state index is 11.2. The Balaban J connectivity index is 3.28. The number of hydrogen-bond donors (Lipinski definition) is 1. The SMILES string of the molecule is CC(C)(C)OC(=O)NCCCCOCCI. The molecule has 0 bridgehead atoms. The minimum Gasteiger partial charge on any atom is -0.444 e. The normalized spacial score (nSPS) is 11.2. The number of alkyl carbamates (subject to hydrolysis) is 1. The van der Waals surface area contributed by atoms with E-state index >= 15 is 0 Å². The Morgan fingerprint density at radius 1 is 1.25 bits per heavy atom. The Hall–Kier alpha value is -0.0400. The molecule has 0 aliphatic carbocycles. The summed E-state index contributed by atoms with van der Waals surface area (Å²) in [6.07, 6.45) is 1.54. The summed E-state index contributed by atoms with van der Waals surface area (Å²) in [6.45, 7) is 7.76.